The van der Waals surface area contributed by atoms with Gasteiger partial charge in [0.1, 0.15) is 37.1 Å². The van der Waals surface area contributed by atoms with Gasteiger partial charge < -0.3 is 31.2 Å². The summed E-state index contributed by atoms with van der Waals surface area (Å²) in [4.78, 5) is 41.8. The zero-order valence-corrected chi connectivity index (χ0v) is 21.2. The van der Waals surface area contributed by atoms with E-state index < -0.39 is 61.5 Å². The topological polar surface area (TPSA) is 258 Å². The van der Waals surface area contributed by atoms with Crippen LogP contribution in [0.2, 0.25) is 0 Å². The van der Waals surface area contributed by atoms with Crippen LogP contribution in [0.25, 0.3) is 11.2 Å². The van der Waals surface area contributed by atoms with Crippen LogP contribution in [0.15, 0.2) is 22.2 Å². The number of nitrogens with two attached hydrogens (primary N) is 2. The smallest absolute Gasteiger partial charge is 0.386 e. The van der Waals surface area contributed by atoms with E-state index in [1.165, 1.54) is 10.9 Å². The number of hydrogen-bond donors (Lipinski definition) is 6. The third-order valence-electron chi connectivity index (χ3n) is 6.05. The highest BCUT2D eigenvalue weighted by Gasteiger charge is 2.42. The lowest BCUT2D eigenvalue weighted by Crippen LogP contribution is -2.29. The van der Waals surface area contributed by atoms with Gasteiger partial charge in [-0.15, -0.1) is 0 Å². The zero-order valence-electron chi connectivity index (χ0n) is 19.4. The van der Waals surface area contributed by atoms with Crippen LogP contribution in [0.5, 0.6) is 0 Å². The van der Waals surface area contributed by atoms with Crippen molar-refractivity contribution >= 4 is 42.1 Å². The van der Waals surface area contributed by atoms with Crippen molar-refractivity contribution in [2.75, 3.05) is 24.7 Å². The van der Waals surface area contributed by atoms with Crippen LogP contribution in [0.4, 0.5) is 11.9 Å². The first-order chi connectivity index (χ1) is 18.0. The van der Waals surface area contributed by atoms with Crippen LogP contribution in [0, 0.1) is 0 Å². The number of aliphatic hydroxyl groups excluding tert-OH is 2. The maximum atomic E-state index is 13.0. The van der Waals surface area contributed by atoms with Gasteiger partial charge >= 0.3 is 12.5 Å². The Bertz CT molecular complexity index is 1500. The molecule has 0 amide bonds. The van der Waals surface area contributed by atoms with E-state index in [0.29, 0.717) is 0 Å². The van der Waals surface area contributed by atoms with Crippen molar-refractivity contribution in [1.82, 2.24) is 34.1 Å². The number of nitrogen functional groups attached to an aromatic ring is 2. The number of nitrogens with one attached hydrogen (secondary N) is 1. The molecule has 0 radical (unpaired) electrons. The van der Waals surface area contributed by atoms with Crippen molar-refractivity contribution in [1.29, 1.82) is 0 Å². The molecule has 2 fully saturated rings. The Morgan fingerprint density at radius 2 is 1.84 bits per heavy atom. The van der Waals surface area contributed by atoms with Gasteiger partial charge in [-0.2, -0.15) is 9.97 Å². The van der Waals surface area contributed by atoms with Gasteiger partial charge in [0.25, 0.3) is 5.56 Å². The van der Waals surface area contributed by atoms with E-state index >= 15 is 0 Å². The first-order valence-electron chi connectivity index (χ1n) is 11.2. The maximum absolute atomic E-state index is 13.0. The molecule has 0 saturated carbocycles. The highest BCUT2D eigenvalue weighted by atomic mass is 32.7. The predicted molar refractivity (Wildman–Crippen MR) is 131 cm³/mol. The SMILES string of the molecule is Nc1ncn([C@H]2C[C@@H](O)[C@@H](COP(=O)(S)O[C@@H]3C[C@H](n4cnc5c(=O)[nH]c(N)nc54)O[C@@H]3CO)O2)c(=O)n1. The Labute approximate surface area is 217 Å². The number of aromatic nitrogens is 7. The summed E-state index contributed by atoms with van der Waals surface area (Å²) in [5, 5.41) is 20.1. The van der Waals surface area contributed by atoms with E-state index in [1.54, 1.807) is 0 Å². The number of anilines is 2. The van der Waals surface area contributed by atoms with Gasteiger partial charge in [-0.25, -0.2) is 19.3 Å². The van der Waals surface area contributed by atoms with E-state index in [-0.39, 0.29) is 42.5 Å². The molecule has 0 aliphatic carbocycles. The van der Waals surface area contributed by atoms with Crippen molar-refractivity contribution in [3.63, 3.8) is 0 Å². The van der Waals surface area contributed by atoms with Gasteiger partial charge in [0.05, 0.1) is 25.6 Å². The van der Waals surface area contributed by atoms with Crippen LogP contribution in [0.3, 0.4) is 0 Å². The fraction of sp³-hybridized carbons (Fsp3) is 0.556. The summed E-state index contributed by atoms with van der Waals surface area (Å²) in [6.07, 6.45) is -3.01. The van der Waals surface area contributed by atoms with Crippen LogP contribution in [-0.4, -0.2) is 81.9 Å². The van der Waals surface area contributed by atoms with Crippen molar-refractivity contribution in [3.05, 3.63) is 33.5 Å². The van der Waals surface area contributed by atoms with E-state index in [2.05, 4.69) is 37.2 Å². The summed E-state index contributed by atoms with van der Waals surface area (Å²) < 4.78 is 37.9. The fourth-order valence-electron chi connectivity index (χ4n) is 4.26. The third kappa shape index (κ3) is 5.32. The lowest BCUT2D eigenvalue weighted by molar-refractivity contribution is -0.0500. The number of rotatable bonds is 8. The Balaban J connectivity index is 1.23. The van der Waals surface area contributed by atoms with Gasteiger partial charge in [-0.3, -0.25) is 28.0 Å². The van der Waals surface area contributed by atoms with E-state index in [4.69, 9.17) is 30.0 Å². The molecule has 3 aromatic rings. The molecule has 2 aliphatic rings. The molecule has 0 bridgehead atoms. The number of fused-ring (bicyclic) bond motifs is 1. The molecule has 3 aromatic heterocycles. The van der Waals surface area contributed by atoms with Crippen molar-refractivity contribution in [2.45, 2.75) is 49.7 Å². The molecule has 2 aliphatic heterocycles. The lowest BCUT2D eigenvalue weighted by Gasteiger charge is -2.22. The number of H-pyrrole nitrogens is 1. The summed E-state index contributed by atoms with van der Waals surface area (Å²) in [5.74, 6) is -0.318. The van der Waals surface area contributed by atoms with Gasteiger partial charge in [-0.1, -0.05) is 12.2 Å². The second-order valence-electron chi connectivity index (χ2n) is 8.57. The summed E-state index contributed by atoms with van der Waals surface area (Å²) in [7, 11) is 0. The molecule has 5 rings (SSSR count). The average molecular weight is 573 g/mol. The monoisotopic (exact) mass is 573 g/mol. The Hall–Kier alpha value is -2.90. The first kappa shape index (κ1) is 26.7. The van der Waals surface area contributed by atoms with Gasteiger partial charge in [0.15, 0.2) is 11.2 Å². The summed E-state index contributed by atoms with van der Waals surface area (Å²) >= 11 is 4.01. The van der Waals surface area contributed by atoms with E-state index in [1.807, 2.05) is 0 Å². The van der Waals surface area contributed by atoms with Crippen LogP contribution >= 0.6 is 19.0 Å². The van der Waals surface area contributed by atoms with Crippen LogP contribution < -0.4 is 22.7 Å². The Kier molecular flexibility index (Phi) is 7.27. The molecular weight excluding hydrogens is 549 g/mol. The van der Waals surface area contributed by atoms with Crippen molar-refractivity contribution in [3.8, 4) is 0 Å². The van der Waals surface area contributed by atoms with Crippen LogP contribution in [-0.2, 0) is 23.1 Å². The largest absolute Gasteiger partial charge is 0.394 e. The Morgan fingerprint density at radius 1 is 1.13 bits per heavy atom. The number of nitrogens with zero attached hydrogens (tertiary/aromatic N) is 6. The average Bonchev–Trinajstić information content (AvgIpc) is 3.54. The summed E-state index contributed by atoms with van der Waals surface area (Å²) in [5.41, 5.74) is 9.97. The highest BCUT2D eigenvalue weighted by Crippen LogP contribution is 2.56. The number of thiol groups is 1. The standard InChI is InChI=1S/C18H24N9O9PS/c19-16-22-6-27(18(31)25-16)11-1-7(29)10(35-11)4-33-37(32,38)36-8-2-12(34-9(8)3-28)26-5-21-13-14(26)23-17(20)24-15(13)30/h5-12,28-29H,1-4H2,(H,32,38)(H2,19,25,31)(H3,20,23,24,30)/t7-,8-,9-,10-,11-,12-,37?/m1/s1. The molecule has 38 heavy (non-hydrogen) atoms. The third-order valence-corrected chi connectivity index (χ3v) is 7.69. The zero-order chi connectivity index (χ0) is 27.2. The van der Waals surface area contributed by atoms with E-state index in [9.17, 15) is 24.4 Å². The van der Waals surface area contributed by atoms with Gasteiger partial charge in [0, 0.05) is 12.8 Å². The number of aliphatic hydroxyl groups is 2. The normalized spacial score (nSPS) is 29.1. The van der Waals surface area contributed by atoms with Gasteiger partial charge in [0.2, 0.25) is 11.9 Å². The molecule has 18 nitrogen and oxygen atoms in total. The molecule has 20 heteroatoms. The molecule has 0 aromatic carbocycles. The quantitative estimate of drug-likeness (QED) is 0.130. The molecule has 0 spiro atoms. The number of imidazole rings is 1. The number of aromatic amines is 1. The minimum atomic E-state index is -4.06. The summed E-state index contributed by atoms with van der Waals surface area (Å²) in [6, 6.07) is 0. The highest BCUT2D eigenvalue weighted by molar-refractivity contribution is 8.44. The summed E-state index contributed by atoms with van der Waals surface area (Å²) in [6.45, 7) is -4.93. The fourth-order valence-corrected chi connectivity index (χ4v) is 5.78. The molecule has 7 N–H and O–H groups in total. The maximum Gasteiger partial charge on any atom is 0.386 e. The number of hydrogen-bond acceptors (Lipinski definition) is 15. The predicted octanol–water partition coefficient (Wildman–Crippen LogP) is -1.70. The minimum absolute atomic E-state index is 0.0178. The van der Waals surface area contributed by atoms with Gasteiger partial charge in [-0.05, 0) is 0 Å². The first-order valence-corrected chi connectivity index (χ1v) is 13.9. The Morgan fingerprint density at radius 3 is 2.58 bits per heavy atom. The molecular formula is C18H24N9O9PS. The second-order valence-corrected chi connectivity index (χ2v) is 11.4. The second kappa shape index (κ2) is 10.3. The van der Waals surface area contributed by atoms with Crippen molar-refractivity contribution < 1.29 is 33.3 Å². The molecule has 206 valence electrons. The molecule has 5 heterocycles. The number of ether oxygens (including phenoxy) is 2. The minimum Gasteiger partial charge on any atom is -0.394 e. The van der Waals surface area contributed by atoms with Crippen LogP contribution in [0.1, 0.15) is 25.3 Å². The lowest BCUT2D eigenvalue weighted by atomic mass is 10.2. The molecule has 1 unspecified atom stereocenters. The van der Waals surface area contributed by atoms with Crippen molar-refractivity contribution in [2.24, 2.45) is 0 Å². The molecule has 2 saturated heterocycles. The van der Waals surface area contributed by atoms with E-state index in [0.717, 1.165) is 10.9 Å². The molecule has 7 atom stereocenters.